The van der Waals surface area contributed by atoms with E-state index in [1.165, 1.54) is 12.1 Å². The van der Waals surface area contributed by atoms with Crippen molar-refractivity contribution in [2.75, 3.05) is 0 Å². The van der Waals surface area contributed by atoms with Gasteiger partial charge >= 0.3 is 6.18 Å². The van der Waals surface area contributed by atoms with E-state index >= 15 is 0 Å². The molecule has 0 spiro atoms. The summed E-state index contributed by atoms with van der Waals surface area (Å²) < 4.78 is 39.1. The summed E-state index contributed by atoms with van der Waals surface area (Å²) in [6.45, 7) is 0. The Labute approximate surface area is 106 Å². The van der Waals surface area contributed by atoms with Crippen molar-refractivity contribution in [3.8, 4) is 11.3 Å². The molecule has 3 aromatic rings. The molecule has 0 amide bonds. The highest BCUT2D eigenvalue weighted by atomic mass is 19.4. The van der Waals surface area contributed by atoms with Gasteiger partial charge in [-0.15, -0.1) is 0 Å². The molecule has 96 valence electrons. The number of aromatic nitrogens is 3. The van der Waals surface area contributed by atoms with Crippen LogP contribution in [0.25, 0.3) is 17.0 Å². The van der Waals surface area contributed by atoms with Gasteiger partial charge < -0.3 is 0 Å². The van der Waals surface area contributed by atoms with E-state index in [-0.39, 0.29) is 0 Å². The van der Waals surface area contributed by atoms with Gasteiger partial charge in [-0.2, -0.15) is 13.2 Å². The lowest BCUT2D eigenvalue weighted by Gasteiger charge is -2.06. The minimum absolute atomic E-state index is 0.511. The normalized spacial score (nSPS) is 11.9. The lowest BCUT2D eigenvalue weighted by Crippen LogP contribution is -2.03. The third-order valence-corrected chi connectivity index (χ3v) is 2.74. The fourth-order valence-corrected chi connectivity index (χ4v) is 1.80. The molecule has 3 rings (SSSR count). The molecule has 6 heteroatoms. The van der Waals surface area contributed by atoms with Gasteiger partial charge in [-0.1, -0.05) is 12.1 Å². The molecule has 0 aliphatic carbocycles. The van der Waals surface area contributed by atoms with Crippen LogP contribution >= 0.6 is 0 Å². The van der Waals surface area contributed by atoms with Gasteiger partial charge in [-0.05, 0) is 18.2 Å². The number of nitrogens with zero attached hydrogens (tertiary/aromatic N) is 3. The van der Waals surface area contributed by atoms with Crippen LogP contribution in [-0.4, -0.2) is 14.4 Å². The molecule has 0 aliphatic rings. The van der Waals surface area contributed by atoms with E-state index in [9.17, 15) is 13.2 Å². The number of fused-ring (bicyclic) bond motifs is 1. The van der Waals surface area contributed by atoms with E-state index in [4.69, 9.17) is 0 Å². The first-order valence-electron chi connectivity index (χ1n) is 5.51. The average Bonchev–Trinajstić information content (AvgIpc) is 2.81. The van der Waals surface area contributed by atoms with E-state index in [1.54, 1.807) is 29.1 Å². The highest BCUT2D eigenvalue weighted by molar-refractivity contribution is 5.61. The van der Waals surface area contributed by atoms with Crippen molar-refractivity contribution in [1.82, 2.24) is 14.4 Å². The largest absolute Gasteiger partial charge is 0.416 e. The smallest absolute Gasteiger partial charge is 0.291 e. The number of halogens is 3. The second-order valence-corrected chi connectivity index (χ2v) is 4.03. The van der Waals surface area contributed by atoms with Gasteiger partial charge in [0, 0.05) is 24.2 Å². The van der Waals surface area contributed by atoms with Crippen molar-refractivity contribution in [2.45, 2.75) is 6.18 Å². The second-order valence-electron chi connectivity index (χ2n) is 4.03. The van der Waals surface area contributed by atoms with Gasteiger partial charge in [-0.3, -0.25) is 4.40 Å². The van der Waals surface area contributed by atoms with Crippen LogP contribution in [0.2, 0.25) is 0 Å². The van der Waals surface area contributed by atoms with Gasteiger partial charge in [-0.25, -0.2) is 9.97 Å². The minimum Gasteiger partial charge on any atom is -0.291 e. The molecule has 0 saturated heterocycles. The Hall–Kier alpha value is -2.37. The first kappa shape index (κ1) is 11.7. The lowest BCUT2D eigenvalue weighted by molar-refractivity contribution is -0.137. The predicted molar refractivity (Wildman–Crippen MR) is 63.4 cm³/mol. The van der Waals surface area contributed by atoms with Crippen LogP contribution in [0.5, 0.6) is 0 Å². The van der Waals surface area contributed by atoms with Gasteiger partial charge in [0.25, 0.3) is 0 Å². The quantitative estimate of drug-likeness (QED) is 0.673. The molecule has 2 aromatic heterocycles. The maximum Gasteiger partial charge on any atom is 0.416 e. The Bertz CT molecular complexity index is 681. The minimum atomic E-state index is -4.32. The molecule has 0 saturated carbocycles. The predicted octanol–water partition coefficient (Wildman–Crippen LogP) is 3.42. The zero-order valence-corrected chi connectivity index (χ0v) is 9.59. The number of hydrogen-bond donors (Lipinski definition) is 0. The molecular formula is C13H8F3N3. The second kappa shape index (κ2) is 4.08. The summed E-state index contributed by atoms with van der Waals surface area (Å²) in [6, 6.07) is 6.67. The average molecular weight is 263 g/mol. The van der Waals surface area contributed by atoms with Crippen LogP contribution in [0.3, 0.4) is 0 Å². The first-order valence-corrected chi connectivity index (χ1v) is 5.51. The fraction of sp³-hybridized carbons (Fsp3) is 0.0769. The molecule has 19 heavy (non-hydrogen) atoms. The zero-order valence-electron chi connectivity index (χ0n) is 9.59. The van der Waals surface area contributed by atoms with E-state index < -0.39 is 11.7 Å². The number of imidazole rings is 1. The van der Waals surface area contributed by atoms with Crippen molar-refractivity contribution >= 4 is 5.78 Å². The molecular weight excluding hydrogens is 255 g/mol. The summed E-state index contributed by atoms with van der Waals surface area (Å²) in [5, 5.41) is 0. The number of alkyl halides is 3. The van der Waals surface area contributed by atoms with Crippen LogP contribution in [0, 0.1) is 0 Å². The Morgan fingerprint density at radius 2 is 1.79 bits per heavy atom. The molecule has 0 unspecified atom stereocenters. The van der Waals surface area contributed by atoms with Crippen molar-refractivity contribution in [1.29, 1.82) is 0 Å². The first-order chi connectivity index (χ1) is 9.04. The van der Waals surface area contributed by atoms with E-state index in [0.717, 1.165) is 12.1 Å². The molecule has 1 aromatic carbocycles. The fourth-order valence-electron chi connectivity index (χ4n) is 1.80. The Balaban J connectivity index is 2.02. The Morgan fingerprint density at radius 3 is 2.42 bits per heavy atom. The molecule has 0 N–H and O–H groups in total. The van der Waals surface area contributed by atoms with Crippen molar-refractivity contribution in [3.05, 3.63) is 54.5 Å². The molecule has 0 bridgehead atoms. The third kappa shape index (κ3) is 2.16. The molecule has 3 nitrogen and oxygen atoms in total. The molecule has 0 atom stereocenters. The highest BCUT2D eigenvalue weighted by Gasteiger charge is 2.30. The maximum atomic E-state index is 12.5. The van der Waals surface area contributed by atoms with E-state index in [1.807, 2.05) is 0 Å². The van der Waals surface area contributed by atoms with Gasteiger partial charge in [0.15, 0.2) is 0 Å². The maximum absolute atomic E-state index is 12.5. The monoisotopic (exact) mass is 263 g/mol. The molecule has 0 fully saturated rings. The summed E-state index contributed by atoms with van der Waals surface area (Å²) in [4.78, 5) is 8.30. The van der Waals surface area contributed by atoms with E-state index in [0.29, 0.717) is 17.0 Å². The van der Waals surface area contributed by atoms with Gasteiger partial charge in [0.05, 0.1) is 11.3 Å². The zero-order chi connectivity index (χ0) is 13.5. The number of rotatable bonds is 1. The van der Waals surface area contributed by atoms with Crippen molar-refractivity contribution < 1.29 is 13.2 Å². The summed E-state index contributed by atoms with van der Waals surface area (Å²) in [6.07, 6.45) is 0.797. The van der Waals surface area contributed by atoms with Crippen LogP contribution in [0.4, 0.5) is 13.2 Å². The van der Waals surface area contributed by atoms with Gasteiger partial charge in [0.1, 0.15) is 0 Å². The summed E-state index contributed by atoms with van der Waals surface area (Å²) in [7, 11) is 0. The standard InChI is InChI=1S/C13H8F3N3/c14-13(15,16)10-4-2-9(3-5-10)11-8-19-7-1-6-17-12(19)18-11/h1-8H. The van der Waals surface area contributed by atoms with E-state index in [2.05, 4.69) is 9.97 Å². The summed E-state index contributed by atoms with van der Waals surface area (Å²) in [5.74, 6) is 0.511. The van der Waals surface area contributed by atoms with Crippen LogP contribution < -0.4 is 0 Å². The number of benzene rings is 1. The van der Waals surface area contributed by atoms with Crippen molar-refractivity contribution in [3.63, 3.8) is 0 Å². The van der Waals surface area contributed by atoms with Crippen molar-refractivity contribution in [2.24, 2.45) is 0 Å². The highest BCUT2D eigenvalue weighted by Crippen LogP contribution is 2.30. The molecule has 2 heterocycles. The molecule has 0 aliphatic heterocycles. The Morgan fingerprint density at radius 1 is 1.05 bits per heavy atom. The SMILES string of the molecule is FC(F)(F)c1ccc(-c2cn3cccnc3n2)cc1. The Kier molecular flexibility index (Phi) is 2.51. The van der Waals surface area contributed by atoms with Crippen LogP contribution in [0.1, 0.15) is 5.56 Å². The summed E-state index contributed by atoms with van der Waals surface area (Å²) in [5.41, 5.74) is 0.545. The topological polar surface area (TPSA) is 30.2 Å². The number of hydrogen-bond acceptors (Lipinski definition) is 2. The summed E-state index contributed by atoms with van der Waals surface area (Å²) >= 11 is 0. The molecule has 0 radical (unpaired) electrons. The van der Waals surface area contributed by atoms with Crippen LogP contribution in [-0.2, 0) is 6.18 Å². The van der Waals surface area contributed by atoms with Crippen LogP contribution in [0.15, 0.2) is 48.9 Å². The third-order valence-electron chi connectivity index (χ3n) is 2.74. The lowest BCUT2D eigenvalue weighted by atomic mass is 10.1. The van der Waals surface area contributed by atoms with Gasteiger partial charge in [0.2, 0.25) is 5.78 Å².